The molecule has 1 aliphatic heterocycles. The van der Waals surface area contributed by atoms with E-state index in [9.17, 15) is 5.11 Å². The zero-order valence-corrected chi connectivity index (χ0v) is 10.9. The maximum atomic E-state index is 9.97. The Morgan fingerprint density at radius 1 is 1.39 bits per heavy atom. The van der Waals surface area contributed by atoms with Gasteiger partial charge in [-0.2, -0.15) is 0 Å². The fourth-order valence-electron chi connectivity index (χ4n) is 1.98. The van der Waals surface area contributed by atoms with E-state index in [1.807, 2.05) is 56.3 Å². The van der Waals surface area contributed by atoms with Crippen molar-refractivity contribution in [3.05, 3.63) is 48.0 Å². The Morgan fingerprint density at radius 3 is 2.72 bits per heavy atom. The first-order valence-corrected chi connectivity index (χ1v) is 6.28. The summed E-state index contributed by atoms with van der Waals surface area (Å²) in [6, 6.07) is 9.66. The SMILES string of the molecule is CC1(C)OC[C@H](/C=C\C[C@H](O)c2ccccc2)O1. The maximum absolute atomic E-state index is 9.97. The molecule has 1 aromatic carbocycles. The molecular formula is C15H20O3. The molecule has 2 atom stereocenters. The lowest BCUT2D eigenvalue weighted by Crippen LogP contribution is -2.20. The van der Waals surface area contributed by atoms with E-state index in [-0.39, 0.29) is 6.10 Å². The molecule has 1 aliphatic rings. The van der Waals surface area contributed by atoms with Crippen LogP contribution in [0.5, 0.6) is 0 Å². The van der Waals surface area contributed by atoms with Gasteiger partial charge < -0.3 is 14.6 Å². The number of ether oxygens (including phenoxy) is 2. The minimum Gasteiger partial charge on any atom is -0.388 e. The van der Waals surface area contributed by atoms with Crippen LogP contribution in [0, 0.1) is 0 Å². The van der Waals surface area contributed by atoms with Crippen molar-refractivity contribution in [1.82, 2.24) is 0 Å². The van der Waals surface area contributed by atoms with Gasteiger partial charge in [-0.15, -0.1) is 0 Å². The maximum Gasteiger partial charge on any atom is 0.163 e. The smallest absolute Gasteiger partial charge is 0.163 e. The highest BCUT2D eigenvalue weighted by Gasteiger charge is 2.30. The number of benzene rings is 1. The summed E-state index contributed by atoms with van der Waals surface area (Å²) in [6.07, 6.45) is 4.03. The van der Waals surface area contributed by atoms with Gasteiger partial charge in [-0.05, 0) is 25.8 Å². The van der Waals surface area contributed by atoms with Gasteiger partial charge in [0.15, 0.2) is 5.79 Å². The van der Waals surface area contributed by atoms with Gasteiger partial charge in [0.1, 0.15) is 6.10 Å². The van der Waals surface area contributed by atoms with E-state index >= 15 is 0 Å². The molecule has 0 saturated carbocycles. The van der Waals surface area contributed by atoms with Crippen LogP contribution in [0.4, 0.5) is 0 Å². The first-order chi connectivity index (χ1) is 8.57. The van der Waals surface area contributed by atoms with Gasteiger partial charge >= 0.3 is 0 Å². The molecular weight excluding hydrogens is 228 g/mol. The summed E-state index contributed by atoms with van der Waals surface area (Å²) in [6.45, 7) is 4.38. The molecule has 1 saturated heterocycles. The summed E-state index contributed by atoms with van der Waals surface area (Å²) in [5.74, 6) is -0.493. The molecule has 1 heterocycles. The Hall–Kier alpha value is -1.16. The number of aliphatic hydroxyl groups excluding tert-OH is 1. The second-order valence-electron chi connectivity index (χ2n) is 4.96. The summed E-state index contributed by atoms with van der Waals surface area (Å²) in [4.78, 5) is 0. The molecule has 1 fully saturated rings. The van der Waals surface area contributed by atoms with Crippen molar-refractivity contribution in [2.45, 2.75) is 38.3 Å². The molecule has 0 aromatic heterocycles. The van der Waals surface area contributed by atoms with Crippen molar-refractivity contribution in [2.75, 3.05) is 6.61 Å². The minimum absolute atomic E-state index is 0.0111. The van der Waals surface area contributed by atoms with Gasteiger partial charge in [-0.3, -0.25) is 0 Å². The van der Waals surface area contributed by atoms with Crippen molar-refractivity contribution in [3.8, 4) is 0 Å². The Labute approximate surface area is 108 Å². The van der Waals surface area contributed by atoms with E-state index in [1.54, 1.807) is 0 Å². The number of aliphatic hydroxyl groups is 1. The first kappa shape index (κ1) is 13.3. The summed E-state index contributed by atoms with van der Waals surface area (Å²) >= 11 is 0. The third kappa shape index (κ3) is 3.67. The molecule has 0 spiro atoms. The molecule has 98 valence electrons. The van der Waals surface area contributed by atoms with Crippen LogP contribution >= 0.6 is 0 Å². The Morgan fingerprint density at radius 2 is 2.11 bits per heavy atom. The van der Waals surface area contributed by atoms with E-state index < -0.39 is 11.9 Å². The quantitative estimate of drug-likeness (QED) is 0.833. The van der Waals surface area contributed by atoms with Gasteiger partial charge in [0, 0.05) is 0 Å². The molecule has 0 unspecified atom stereocenters. The van der Waals surface area contributed by atoms with Gasteiger partial charge in [-0.1, -0.05) is 42.5 Å². The summed E-state index contributed by atoms with van der Waals surface area (Å²) in [7, 11) is 0. The first-order valence-electron chi connectivity index (χ1n) is 6.28. The van der Waals surface area contributed by atoms with Gasteiger partial charge in [0.25, 0.3) is 0 Å². The highest BCUT2D eigenvalue weighted by molar-refractivity contribution is 5.18. The van der Waals surface area contributed by atoms with E-state index in [0.717, 1.165) is 5.56 Å². The van der Waals surface area contributed by atoms with Gasteiger partial charge in [0.05, 0.1) is 12.7 Å². The lowest BCUT2D eigenvalue weighted by molar-refractivity contribution is -0.133. The molecule has 0 aliphatic carbocycles. The van der Waals surface area contributed by atoms with Crippen LogP contribution in [0.25, 0.3) is 0 Å². The van der Waals surface area contributed by atoms with Crippen molar-refractivity contribution in [1.29, 1.82) is 0 Å². The molecule has 0 amide bonds. The van der Waals surface area contributed by atoms with E-state index in [2.05, 4.69) is 0 Å². The summed E-state index contributed by atoms with van der Waals surface area (Å²) < 4.78 is 11.1. The van der Waals surface area contributed by atoms with Crippen molar-refractivity contribution < 1.29 is 14.6 Å². The molecule has 18 heavy (non-hydrogen) atoms. The van der Waals surface area contributed by atoms with E-state index in [0.29, 0.717) is 13.0 Å². The molecule has 3 heteroatoms. The fraction of sp³-hybridized carbons (Fsp3) is 0.467. The molecule has 0 radical (unpaired) electrons. The predicted octanol–water partition coefficient (Wildman–Crippen LogP) is 2.82. The van der Waals surface area contributed by atoms with Crippen LogP contribution in [0.15, 0.2) is 42.5 Å². The zero-order chi connectivity index (χ0) is 13.0. The van der Waals surface area contributed by atoms with Crippen molar-refractivity contribution in [3.63, 3.8) is 0 Å². The minimum atomic E-state index is -0.493. The normalized spacial score (nSPS) is 24.5. The number of rotatable bonds is 4. The van der Waals surface area contributed by atoms with Crippen LogP contribution in [-0.4, -0.2) is 23.6 Å². The zero-order valence-electron chi connectivity index (χ0n) is 10.9. The number of hydrogen-bond donors (Lipinski definition) is 1. The van der Waals surface area contributed by atoms with Gasteiger partial charge in [0.2, 0.25) is 0 Å². The van der Waals surface area contributed by atoms with E-state index in [1.165, 1.54) is 0 Å². The third-order valence-corrected chi connectivity index (χ3v) is 2.92. The molecule has 1 aromatic rings. The molecule has 1 N–H and O–H groups in total. The van der Waals surface area contributed by atoms with Crippen LogP contribution in [0.2, 0.25) is 0 Å². The summed E-state index contributed by atoms with van der Waals surface area (Å²) in [5.41, 5.74) is 0.936. The standard InChI is InChI=1S/C15H20O3/c1-15(2)17-11-13(18-15)9-6-10-14(16)12-7-4-3-5-8-12/h3-9,13-14,16H,10-11H2,1-2H3/b9-6-/t13-,14-/m0/s1. The summed E-state index contributed by atoms with van der Waals surface area (Å²) in [5, 5.41) is 9.97. The lowest BCUT2D eigenvalue weighted by Gasteiger charge is -2.15. The monoisotopic (exact) mass is 248 g/mol. The average Bonchev–Trinajstić information content (AvgIpc) is 2.70. The third-order valence-electron chi connectivity index (χ3n) is 2.92. The average molecular weight is 248 g/mol. The van der Waals surface area contributed by atoms with Crippen LogP contribution < -0.4 is 0 Å². The topological polar surface area (TPSA) is 38.7 Å². The Kier molecular flexibility index (Phi) is 4.17. The Balaban J connectivity index is 1.82. The second kappa shape index (κ2) is 5.65. The second-order valence-corrected chi connectivity index (χ2v) is 4.96. The van der Waals surface area contributed by atoms with Crippen molar-refractivity contribution in [2.24, 2.45) is 0 Å². The highest BCUT2D eigenvalue weighted by Crippen LogP contribution is 2.23. The Bertz CT molecular complexity index is 397. The fourth-order valence-corrected chi connectivity index (χ4v) is 1.98. The van der Waals surface area contributed by atoms with E-state index in [4.69, 9.17) is 9.47 Å². The predicted molar refractivity (Wildman–Crippen MR) is 70.1 cm³/mol. The van der Waals surface area contributed by atoms with Crippen LogP contribution in [0.1, 0.15) is 31.9 Å². The van der Waals surface area contributed by atoms with Gasteiger partial charge in [-0.25, -0.2) is 0 Å². The largest absolute Gasteiger partial charge is 0.388 e. The molecule has 2 rings (SSSR count). The van der Waals surface area contributed by atoms with Crippen LogP contribution in [0.3, 0.4) is 0 Å². The molecule has 0 bridgehead atoms. The van der Waals surface area contributed by atoms with Crippen molar-refractivity contribution >= 4 is 0 Å². The number of hydrogen-bond acceptors (Lipinski definition) is 3. The van der Waals surface area contributed by atoms with Crippen LogP contribution in [-0.2, 0) is 9.47 Å². The molecule has 3 nitrogen and oxygen atoms in total. The lowest BCUT2D eigenvalue weighted by atomic mass is 10.1. The highest BCUT2D eigenvalue weighted by atomic mass is 16.7.